The van der Waals surface area contributed by atoms with E-state index >= 15 is 0 Å². The minimum Gasteiger partial charge on any atom is -0.372 e. The van der Waals surface area contributed by atoms with Crippen LogP contribution in [-0.2, 0) is 4.74 Å². The Morgan fingerprint density at radius 3 is 2.83 bits per heavy atom. The van der Waals surface area contributed by atoms with Crippen molar-refractivity contribution < 1.29 is 4.74 Å². The van der Waals surface area contributed by atoms with E-state index in [1.807, 2.05) is 0 Å². The quantitative estimate of drug-likeness (QED) is 0.863. The van der Waals surface area contributed by atoms with Gasteiger partial charge in [-0.2, -0.15) is 0 Å². The number of hydrogen-bond acceptors (Lipinski definition) is 2. The Labute approximate surface area is 110 Å². The van der Waals surface area contributed by atoms with Crippen molar-refractivity contribution in [2.24, 2.45) is 5.92 Å². The van der Waals surface area contributed by atoms with Crippen molar-refractivity contribution in [1.82, 2.24) is 5.32 Å². The van der Waals surface area contributed by atoms with Gasteiger partial charge in [-0.05, 0) is 30.7 Å². The van der Waals surface area contributed by atoms with Crippen molar-refractivity contribution in [1.29, 1.82) is 0 Å². The van der Waals surface area contributed by atoms with E-state index in [0.29, 0.717) is 12.1 Å². The number of hydrogen-bond donors (Lipinski definition) is 1. The monoisotopic (exact) mass is 245 g/mol. The van der Waals surface area contributed by atoms with Crippen LogP contribution in [0.25, 0.3) is 0 Å². The molecule has 2 heteroatoms. The summed E-state index contributed by atoms with van der Waals surface area (Å²) in [7, 11) is 0. The molecule has 1 saturated heterocycles. The summed E-state index contributed by atoms with van der Waals surface area (Å²) in [6.45, 7) is 3.18. The summed E-state index contributed by atoms with van der Waals surface area (Å²) >= 11 is 0. The molecule has 0 spiro atoms. The molecule has 1 aromatic carbocycles. The van der Waals surface area contributed by atoms with Crippen LogP contribution in [0.2, 0.25) is 0 Å². The van der Waals surface area contributed by atoms with E-state index in [1.54, 1.807) is 0 Å². The van der Waals surface area contributed by atoms with Crippen LogP contribution in [0, 0.1) is 5.92 Å². The predicted molar refractivity (Wildman–Crippen MR) is 73.5 cm³/mol. The first kappa shape index (κ1) is 12.2. The minimum atomic E-state index is 0.224. The van der Waals surface area contributed by atoms with Gasteiger partial charge in [0.05, 0.1) is 12.7 Å². The van der Waals surface area contributed by atoms with Gasteiger partial charge in [-0.3, -0.25) is 0 Å². The summed E-state index contributed by atoms with van der Waals surface area (Å²) in [5.74, 6) is 0.729. The van der Waals surface area contributed by atoms with Gasteiger partial charge in [0.1, 0.15) is 0 Å². The van der Waals surface area contributed by atoms with Crippen molar-refractivity contribution in [2.45, 2.75) is 50.8 Å². The highest BCUT2D eigenvalue weighted by atomic mass is 16.5. The molecule has 0 aromatic heterocycles. The average Bonchev–Trinajstić information content (AvgIpc) is 2.79. The van der Waals surface area contributed by atoms with Gasteiger partial charge in [0.2, 0.25) is 0 Å². The van der Waals surface area contributed by atoms with Crippen LogP contribution < -0.4 is 5.32 Å². The third kappa shape index (κ3) is 2.32. The molecule has 1 saturated carbocycles. The van der Waals surface area contributed by atoms with Crippen LogP contribution in [0.4, 0.5) is 0 Å². The smallest absolute Gasteiger partial charge is 0.0977 e. The fourth-order valence-electron chi connectivity index (χ4n) is 3.46. The van der Waals surface area contributed by atoms with E-state index in [1.165, 1.54) is 24.8 Å². The molecule has 4 unspecified atom stereocenters. The molecule has 3 rings (SSSR count). The topological polar surface area (TPSA) is 21.3 Å². The van der Waals surface area contributed by atoms with Crippen LogP contribution in [0.15, 0.2) is 30.3 Å². The van der Waals surface area contributed by atoms with E-state index in [4.69, 9.17) is 4.74 Å². The van der Waals surface area contributed by atoms with E-state index in [9.17, 15) is 0 Å². The van der Waals surface area contributed by atoms with Crippen LogP contribution in [0.1, 0.15) is 44.3 Å². The molecule has 2 nitrogen and oxygen atoms in total. The first-order valence-electron chi connectivity index (χ1n) is 7.31. The Kier molecular flexibility index (Phi) is 3.67. The van der Waals surface area contributed by atoms with Crippen LogP contribution >= 0.6 is 0 Å². The summed E-state index contributed by atoms with van der Waals surface area (Å²) in [6.07, 6.45) is 5.37. The van der Waals surface area contributed by atoms with Gasteiger partial charge in [0.25, 0.3) is 0 Å². The zero-order valence-corrected chi connectivity index (χ0v) is 11.1. The molecule has 1 N–H and O–H groups in total. The van der Waals surface area contributed by atoms with E-state index < -0.39 is 0 Å². The fourth-order valence-corrected chi connectivity index (χ4v) is 3.46. The Balaban J connectivity index is 1.81. The van der Waals surface area contributed by atoms with Crippen molar-refractivity contribution in [2.75, 3.05) is 6.61 Å². The van der Waals surface area contributed by atoms with Gasteiger partial charge in [-0.1, -0.05) is 43.7 Å². The molecule has 1 heterocycles. The zero-order chi connectivity index (χ0) is 12.4. The molecule has 18 heavy (non-hydrogen) atoms. The van der Waals surface area contributed by atoms with Gasteiger partial charge >= 0.3 is 0 Å². The average molecular weight is 245 g/mol. The highest BCUT2D eigenvalue weighted by Gasteiger charge is 2.36. The van der Waals surface area contributed by atoms with Crippen molar-refractivity contribution >= 4 is 0 Å². The van der Waals surface area contributed by atoms with Crippen LogP contribution in [0.3, 0.4) is 0 Å². The summed E-state index contributed by atoms with van der Waals surface area (Å²) < 4.78 is 6.24. The molecular weight excluding hydrogens is 222 g/mol. The second-order valence-corrected chi connectivity index (χ2v) is 5.64. The minimum absolute atomic E-state index is 0.224. The maximum Gasteiger partial charge on any atom is 0.0977 e. The molecule has 0 bridgehead atoms. The zero-order valence-electron chi connectivity index (χ0n) is 11.1. The predicted octanol–water partition coefficient (Wildman–Crippen LogP) is 3.29. The molecule has 98 valence electrons. The molecule has 4 atom stereocenters. The van der Waals surface area contributed by atoms with E-state index in [-0.39, 0.29) is 6.10 Å². The second-order valence-electron chi connectivity index (χ2n) is 5.64. The van der Waals surface area contributed by atoms with Gasteiger partial charge in [0, 0.05) is 12.1 Å². The largest absolute Gasteiger partial charge is 0.372 e. The Morgan fingerprint density at radius 2 is 2.06 bits per heavy atom. The third-order valence-electron chi connectivity index (χ3n) is 4.51. The Hall–Kier alpha value is -0.860. The molecule has 1 aliphatic heterocycles. The number of rotatable bonds is 2. The highest BCUT2D eigenvalue weighted by Crippen LogP contribution is 2.34. The Bertz CT molecular complexity index is 378. The lowest BCUT2D eigenvalue weighted by Gasteiger charge is -2.26. The SMILES string of the molecule is CCC1NC2CCCC2COC1c1ccccc1. The standard InChI is InChI=1S/C16H23NO/c1-2-14-16(12-7-4-3-5-8-12)18-11-13-9-6-10-15(13)17-14/h3-5,7-8,13-17H,2,6,9-11H2,1H3. The lowest BCUT2D eigenvalue weighted by Crippen LogP contribution is -2.40. The molecule has 0 radical (unpaired) electrons. The summed E-state index contributed by atoms with van der Waals surface area (Å²) in [6, 6.07) is 11.8. The van der Waals surface area contributed by atoms with Crippen molar-refractivity contribution in [3.05, 3.63) is 35.9 Å². The lowest BCUT2D eigenvalue weighted by atomic mass is 9.99. The maximum atomic E-state index is 6.24. The molecular formula is C16H23NO. The normalized spacial score (nSPS) is 36.1. The molecule has 1 aliphatic carbocycles. The molecule has 1 aromatic rings. The molecule has 2 fully saturated rings. The number of fused-ring (bicyclic) bond motifs is 1. The van der Waals surface area contributed by atoms with E-state index in [0.717, 1.165) is 18.9 Å². The fraction of sp³-hybridized carbons (Fsp3) is 0.625. The van der Waals surface area contributed by atoms with Crippen LogP contribution in [-0.4, -0.2) is 18.7 Å². The number of benzene rings is 1. The Morgan fingerprint density at radius 1 is 1.22 bits per heavy atom. The van der Waals surface area contributed by atoms with Crippen molar-refractivity contribution in [3.8, 4) is 0 Å². The van der Waals surface area contributed by atoms with Gasteiger partial charge in [0.15, 0.2) is 0 Å². The first-order valence-corrected chi connectivity index (χ1v) is 7.31. The number of ether oxygens (including phenoxy) is 1. The van der Waals surface area contributed by atoms with E-state index in [2.05, 4.69) is 42.6 Å². The van der Waals surface area contributed by atoms with Gasteiger partial charge < -0.3 is 10.1 Å². The summed E-state index contributed by atoms with van der Waals surface area (Å²) in [5.41, 5.74) is 1.32. The molecule has 0 amide bonds. The van der Waals surface area contributed by atoms with Gasteiger partial charge in [-0.15, -0.1) is 0 Å². The summed E-state index contributed by atoms with van der Waals surface area (Å²) in [5, 5.41) is 3.85. The second kappa shape index (κ2) is 5.41. The summed E-state index contributed by atoms with van der Waals surface area (Å²) in [4.78, 5) is 0. The first-order chi connectivity index (χ1) is 8.88. The van der Waals surface area contributed by atoms with Gasteiger partial charge in [-0.25, -0.2) is 0 Å². The number of nitrogens with one attached hydrogen (secondary N) is 1. The highest BCUT2D eigenvalue weighted by molar-refractivity contribution is 5.19. The van der Waals surface area contributed by atoms with Crippen LogP contribution in [0.5, 0.6) is 0 Å². The molecule has 2 aliphatic rings. The maximum absolute atomic E-state index is 6.24. The third-order valence-corrected chi connectivity index (χ3v) is 4.51. The van der Waals surface area contributed by atoms with Crippen molar-refractivity contribution in [3.63, 3.8) is 0 Å². The lowest BCUT2D eigenvalue weighted by molar-refractivity contribution is 0.0265.